The molecule has 0 radical (unpaired) electrons. The number of nitrogens with zero attached hydrogens (tertiary/aromatic N) is 5. The van der Waals surface area contributed by atoms with E-state index in [4.69, 9.17) is 15.7 Å². The summed E-state index contributed by atoms with van der Waals surface area (Å²) in [6.45, 7) is 7.02. The lowest BCUT2D eigenvalue weighted by Gasteiger charge is -2.36. The standard InChI is InChI=1S/C24H30N6OS/c25-22(31)15-19-7-4-8-29(19)12-9-28-10-13-30(14-11-28)24-26-16-20-21(17-32-23(20)27-24)18-5-2-1-3-6-18/h1-3,5-6,16-17,19H,4,7-15H2,(H2,25,31)/t19-/m1/s1. The summed E-state index contributed by atoms with van der Waals surface area (Å²) in [5.41, 5.74) is 7.83. The molecule has 2 aromatic heterocycles. The molecule has 3 aromatic rings. The van der Waals surface area contributed by atoms with Crippen LogP contribution in [-0.4, -0.2) is 77.5 Å². The number of piperazine rings is 1. The van der Waals surface area contributed by atoms with Gasteiger partial charge in [0.25, 0.3) is 0 Å². The third kappa shape index (κ3) is 4.62. The van der Waals surface area contributed by atoms with Crippen LogP contribution in [0.15, 0.2) is 41.9 Å². The number of thiophene rings is 1. The van der Waals surface area contributed by atoms with Crippen molar-refractivity contribution in [2.75, 3.05) is 50.7 Å². The summed E-state index contributed by atoms with van der Waals surface area (Å²) in [5, 5.41) is 3.31. The Bertz CT molecular complexity index is 1060. The van der Waals surface area contributed by atoms with Crippen molar-refractivity contribution in [3.63, 3.8) is 0 Å². The van der Waals surface area contributed by atoms with Gasteiger partial charge in [0.05, 0.1) is 0 Å². The van der Waals surface area contributed by atoms with Crippen molar-refractivity contribution < 1.29 is 4.79 Å². The van der Waals surface area contributed by atoms with Crippen LogP contribution in [0, 0.1) is 0 Å². The van der Waals surface area contributed by atoms with Crippen molar-refractivity contribution in [1.82, 2.24) is 19.8 Å². The SMILES string of the molecule is NC(=O)C[C@H]1CCCN1CCN1CCN(c2ncc3c(-c4ccccc4)csc3n2)CC1. The maximum absolute atomic E-state index is 11.3. The Morgan fingerprint density at radius 3 is 2.69 bits per heavy atom. The lowest BCUT2D eigenvalue weighted by atomic mass is 10.1. The fourth-order valence-electron chi connectivity index (χ4n) is 4.90. The van der Waals surface area contributed by atoms with Crippen LogP contribution < -0.4 is 10.6 Å². The first kappa shape index (κ1) is 21.3. The summed E-state index contributed by atoms with van der Waals surface area (Å²) in [7, 11) is 0. The average molecular weight is 451 g/mol. The molecule has 1 atom stereocenters. The zero-order valence-corrected chi connectivity index (χ0v) is 19.1. The average Bonchev–Trinajstić information content (AvgIpc) is 3.44. The van der Waals surface area contributed by atoms with E-state index in [0.717, 1.165) is 68.4 Å². The van der Waals surface area contributed by atoms with Crippen molar-refractivity contribution in [3.8, 4) is 11.1 Å². The van der Waals surface area contributed by atoms with Gasteiger partial charge in [-0.25, -0.2) is 9.97 Å². The highest BCUT2D eigenvalue weighted by molar-refractivity contribution is 7.17. The van der Waals surface area contributed by atoms with E-state index in [1.54, 1.807) is 11.3 Å². The van der Waals surface area contributed by atoms with E-state index in [1.165, 1.54) is 17.5 Å². The molecule has 0 spiro atoms. The molecule has 32 heavy (non-hydrogen) atoms. The Morgan fingerprint density at radius 2 is 1.91 bits per heavy atom. The molecule has 0 unspecified atom stereocenters. The molecule has 2 N–H and O–H groups in total. The molecule has 0 bridgehead atoms. The Kier molecular flexibility index (Phi) is 6.34. The Morgan fingerprint density at radius 1 is 1.09 bits per heavy atom. The van der Waals surface area contributed by atoms with Gasteiger partial charge in [-0.05, 0) is 24.9 Å². The van der Waals surface area contributed by atoms with Gasteiger partial charge in [0.15, 0.2) is 0 Å². The van der Waals surface area contributed by atoms with Gasteiger partial charge in [0, 0.05) is 74.3 Å². The van der Waals surface area contributed by atoms with Crippen LogP contribution in [0.3, 0.4) is 0 Å². The summed E-state index contributed by atoms with van der Waals surface area (Å²) < 4.78 is 0. The summed E-state index contributed by atoms with van der Waals surface area (Å²) in [4.78, 5) is 29.2. The zero-order valence-electron chi connectivity index (χ0n) is 18.3. The molecule has 1 amide bonds. The number of rotatable bonds is 7. The maximum atomic E-state index is 11.3. The third-order valence-electron chi connectivity index (χ3n) is 6.70. The number of likely N-dealkylation sites (tertiary alicyclic amines) is 1. The number of carbonyl (C=O) groups is 1. The van der Waals surface area contributed by atoms with Gasteiger partial charge in [-0.3, -0.25) is 14.6 Å². The molecular formula is C24H30N6OS. The smallest absolute Gasteiger partial charge is 0.226 e. The van der Waals surface area contributed by atoms with Gasteiger partial charge in [0.1, 0.15) is 4.83 Å². The van der Waals surface area contributed by atoms with E-state index in [0.29, 0.717) is 12.5 Å². The van der Waals surface area contributed by atoms with Crippen LogP contribution in [-0.2, 0) is 4.79 Å². The second-order valence-electron chi connectivity index (χ2n) is 8.74. The highest BCUT2D eigenvalue weighted by Crippen LogP contribution is 2.33. The van der Waals surface area contributed by atoms with E-state index >= 15 is 0 Å². The minimum absolute atomic E-state index is 0.186. The summed E-state index contributed by atoms with van der Waals surface area (Å²) in [6.07, 6.45) is 4.73. The largest absolute Gasteiger partial charge is 0.370 e. The lowest BCUT2D eigenvalue weighted by Crippen LogP contribution is -2.49. The number of hydrogen-bond donors (Lipinski definition) is 1. The van der Waals surface area contributed by atoms with Crippen molar-refractivity contribution in [3.05, 3.63) is 41.9 Å². The quantitative estimate of drug-likeness (QED) is 0.596. The predicted molar refractivity (Wildman–Crippen MR) is 130 cm³/mol. The fourth-order valence-corrected chi connectivity index (χ4v) is 5.81. The molecule has 2 aliphatic rings. The van der Waals surface area contributed by atoms with Crippen molar-refractivity contribution >= 4 is 33.4 Å². The van der Waals surface area contributed by atoms with Gasteiger partial charge in [0.2, 0.25) is 11.9 Å². The summed E-state index contributed by atoms with van der Waals surface area (Å²) in [6, 6.07) is 10.8. The number of primary amides is 1. The van der Waals surface area contributed by atoms with Gasteiger partial charge in [-0.15, -0.1) is 11.3 Å². The first-order valence-electron chi connectivity index (χ1n) is 11.5. The Balaban J connectivity index is 1.17. The lowest BCUT2D eigenvalue weighted by molar-refractivity contribution is -0.119. The highest BCUT2D eigenvalue weighted by Gasteiger charge is 2.27. The van der Waals surface area contributed by atoms with Crippen LogP contribution in [0.1, 0.15) is 19.3 Å². The molecule has 1 aromatic carbocycles. The molecule has 4 heterocycles. The van der Waals surface area contributed by atoms with Crippen molar-refractivity contribution in [1.29, 1.82) is 0 Å². The number of amides is 1. The second kappa shape index (κ2) is 9.52. The number of fused-ring (bicyclic) bond motifs is 1. The van der Waals surface area contributed by atoms with E-state index in [-0.39, 0.29) is 5.91 Å². The number of anilines is 1. The normalized spacial score (nSPS) is 20.2. The highest BCUT2D eigenvalue weighted by atomic mass is 32.1. The molecule has 168 valence electrons. The Hall–Kier alpha value is -2.55. The number of benzene rings is 1. The van der Waals surface area contributed by atoms with Gasteiger partial charge >= 0.3 is 0 Å². The monoisotopic (exact) mass is 450 g/mol. The number of nitrogens with two attached hydrogens (primary N) is 1. The summed E-state index contributed by atoms with van der Waals surface area (Å²) >= 11 is 1.69. The van der Waals surface area contributed by atoms with E-state index in [9.17, 15) is 4.79 Å². The van der Waals surface area contributed by atoms with Crippen LogP contribution >= 0.6 is 11.3 Å². The van der Waals surface area contributed by atoms with Crippen molar-refractivity contribution in [2.24, 2.45) is 5.73 Å². The van der Waals surface area contributed by atoms with E-state index in [1.807, 2.05) is 12.3 Å². The molecule has 2 fully saturated rings. The van der Waals surface area contributed by atoms with Gasteiger partial charge in [-0.2, -0.15) is 0 Å². The summed E-state index contributed by atoms with van der Waals surface area (Å²) in [5.74, 6) is 0.647. The molecule has 0 aliphatic carbocycles. The van der Waals surface area contributed by atoms with Gasteiger partial charge in [-0.1, -0.05) is 30.3 Å². The first-order valence-corrected chi connectivity index (χ1v) is 12.3. The van der Waals surface area contributed by atoms with Crippen molar-refractivity contribution in [2.45, 2.75) is 25.3 Å². The van der Waals surface area contributed by atoms with E-state index in [2.05, 4.69) is 44.3 Å². The predicted octanol–water partition coefficient (Wildman–Crippen LogP) is 2.82. The molecule has 2 aliphatic heterocycles. The molecule has 0 saturated carbocycles. The molecule has 7 nitrogen and oxygen atoms in total. The second-order valence-corrected chi connectivity index (χ2v) is 9.59. The molecule has 8 heteroatoms. The zero-order chi connectivity index (χ0) is 21.9. The van der Waals surface area contributed by atoms with Crippen LogP contribution in [0.25, 0.3) is 21.3 Å². The minimum Gasteiger partial charge on any atom is -0.370 e. The topological polar surface area (TPSA) is 78.6 Å². The number of aromatic nitrogens is 2. The molecular weight excluding hydrogens is 420 g/mol. The van der Waals surface area contributed by atoms with E-state index < -0.39 is 0 Å². The minimum atomic E-state index is -0.186. The fraction of sp³-hybridized carbons (Fsp3) is 0.458. The first-order chi connectivity index (χ1) is 15.7. The van der Waals surface area contributed by atoms with Crippen LogP contribution in [0.5, 0.6) is 0 Å². The molecule has 5 rings (SSSR count). The maximum Gasteiger partial charge on any atom is 0.226 e. The van der Waals surface area contributed by atoms with Crippen LogP contribution in [0.4, 0.5) is 5.95 Å². The van der Waals surface area contributed by atoms with Crippen LogP contribution in [0.2, 0.25) is 0 Å². The number of carbonyl (C=O) groups excluding carboxylic acids is 1. The van der Waals surface area contributed by atoms with Gasteiger partial charge < -0.3 is 10.6 Å². The third-order valence-corrected chi connectivity index (χ3v) is 7.59. The Labute approximate surface area is 192 Å². The number of hydrogen-bond acceptors (Lipinski definition) is 7. The molecule has 2 saturated heterocycles.